The zero-order valence-electron chi connectivity index (χ0n) is 26.5. The smallest absolute Gasteiger partial charge is 0.271 e. The monoisotopic (exact) mass is 661 g/mol. The maximum atomic E-state index is 14.3. The van der Waals surface area contributed by atoms with Gasteiger partial charge in [-0.15, -0.1) is 0 Å². The van der Waals surface area contributed by atoms with E-state index in [2.05, 4.69) is 12.1 Å². The Bertz CT molecular complexity index is 2270. The Morgan fingerprint density at radius 1 is 0.917 bits per heavy atom. The van der Waals surface area contributed by atoms with Gasteiger partial charge in [0.2, 0.25) is 0 Å². The number of rotatable bonds is 9. The molecule has 0 fully saturated rings. The van der Waals surface area contributed by atoms with Crippen LogP contribution >= 0.6 is 11.3 Å². The van der Waals surface area contributed by atoms with Crippen molar-refractivity contribution in [3.05, 3.63) is 148 Å². The highest BCUT2D eigenvalue weighted by atomic mass is 32.1. The Morgan fingerprint density at radius 3 is 2.44 bits per heavy atom. The molecule has 0 saturated heterocycles. The number of allylic oxidation sites excluding steroid dienone is 1. The summed E-state index contributed by atoms with van der Waals surface area (Å²) in [7, 11) is 4.81. The maximum Gasteiger partial charge on any atom is 0.271 e. The van der Waals surface area contributed by atoms with Gasteiger partial charge in [-0.25, -0.2) is 4.99 Å². The first-order valence-electron chi connectivity index (χ1n) is 15.3. The molecule has 2 heterocycles. The molecule has 0 amide bonds. The van der Waals surface area contributed by atoms with E-state index in [9.17, 15) is 14.9 Å². The Labute approximate surface area is 279 Å². The van der Waals surface area contributed by atoms with Crippen molar-refractivity contribution in [3.63, 3.8) is 0 Å². The average molecular weight is 662 g/mol. The summed E-state index contributed by atoms with van der Waals surface area (Å²) >= 11 is 1.34. The van der Waals surface area contributed by atoms with Crippen molar-refractivity contribution in [2.45, 2.75) is 25.5 Å². The maximum absolute atomic E-state index is 14.3. The fourth-order valence-corrected chi connectivity index (χ4v) is 7.27. The zero-order valence-corrected chi connectivity index (χ0v) is 27.3. The molecule has 1 aliphatic heterocycles. The van der Waals surface area contributed by atoms with Crippen LogP contribution in [0.1, 0.15) is 40.3 Å². The van der Waals surface area contributed by atoms with E-state index in [0.717, 1.165) is 46.4 Å². The second-order valence-corrected chi connectivity index (χ2v) is 12.4. The number of thiazole rings is 1. The molecule has 0 spiro atoms. The van der Waals surface area contributed by atoms with Gasteiger partial charge < -0.3 is 18.9 Å². The number of benzene rings is 4. The number of methoxy groups -OCH3 is 3. The SMILES string of the molecule is COc1ccc(OC)c([C@H]2C3=C(N=c4s/c(=C\c5ccc(OCc6ccc([N+](=O)[O-])cc6)c(OC)c5)c(=O)n42)c2ccccc2CC3)c1. The molecule has 0 saturated carbocycles. The van der Waals surface area contributed by atoms with Crippen molar-refractivity contribution in [2.75, 3.05) is 21.3 Å². The van der Waals surface area contributed by atoms with E-state index < -0.39 is 11.0 Å². The van der Waals surface area contributed by atoms with Crippen molar-refractivity contribution in [2.24, 2.45) is 4.99 Å². The molecule has 0 N–H and O–H groups in total. The molecule has 1 atom stereocenters. The van der Waals surface area contributed by atoms with Crippen LogP contribution < -0.4 is 33.8 Å². The standard InChI is InChI=1S/C37H31N3O7S/c1-44-26-14-17-30(45-2)29(20-26)35-28-15-11-24-6-4-5-7-27(24)34(28)38-37-39(35)36(41)33(48-37)19-23-10-16-31(32(18-23)46-3)47-21-22-8-12-25(13-9-22)40(42)43/h4-10,12-14,16-20,35H,11,15,21H2,1-3H3/b33-19-/t35-/m1/s1. The number of fused-ring (bicyclic) bond motifs is 3. The first-order chi connectivity index (χ1) is 23.4. The molecule has 7 rings (SSSR count). The molecule has 5 aromatic rings. The van der Waals surface area contributed by atoms with E-state index >= 15 is 0 Å². The third-order valence-electron chi connectivity index (χ3n) is 8.63. The third-order valence-corrected chi connectivity index (χ3v) is 9.61. The third kappa shape index (κ3) is 5.62. The molecule has 48 heavy (non-hydrogen) atoms. The van der Waals surface area contributed by atoms with Crippen LogP contribution in [0.4, 0.5) is 5.69 Å². The summed E-state index contributed by atoms with van der Waals surface area (Å²) in [6.07, 6.45) is 3.43. The number of nitro benzene ring substituents is 1. The number of non-ortho nitro benzene ring substituents is 1. The van der Waals surface area contributed by atoms with Crippen LogP contribution in [0.5, 0.6) is 23.0 Å². The van der Waals surface area contributed by atoms with Gasteiger partial charge in [0.1, 0.15) is 18.1 Å². The normalized spacial score (nSPS) is 15.1. The van der Waals surface area contributed by atoms with Crippen LogP contribution in [0.15, 0.2) is 100 Å². The average Bonchev–Trinajstić information content (AvgIpc) is 3.43. The Hall–Kier alpha value is -5.68. The first-order valence-corrected chi connectivity index (χ1v) is 16.1. The number of aryl methyl sites for hydroxylation is 1. The van der Waals surface area contributed by atoms with Gasteiger partial charge in [0.05, 0.1) is 42.5 Å². The lowest BCUT2D eigenvalue weighted by Gasteiger charge is -2.31. The fourth-order valence-electron chi connectivity index (χ4n) is 6.27. The minimum atomic E-state index is -0.438. The largest absolute Gasteiger partial charge is 0.497 e. The van der Waals surface area contributed by atoms with Crippen molar-refractivity contribution in [1.29, 1.82) is 0 Å². The predicted octanol–water partition coefficient (Wildman–Crippen LogP) is 5.83. The molecule has 0 radical (unpaired) electrons. The van der Waals surface area contributed by atoms with Crippen LogP contribution in [-0.4, -0.2) is 30.8 Å². The number of hydrogen-bond acceptors (Lipinski definition) is 9. The van der Waals surface area contributed by atoms with E-state index in [1.54, 1.807) is 44.1 Å². The molecular formula is C37H31N3O7S. The van der Waals surface area contributed by atoms with E-state index in [1.165, 1.54) is 29.0 Å². The van der Waals surface area contributed by atoms with Gasteiger partial charge in [-0.2, -0.15) is 0 Å². The second-order valence-electron chi connectivity index (χ2n) is 11.3. The van der Waals surface area contributed by atoms with Gasteiger partial charge in [0, 0.05) is 23.3 Å². The van der Waals surface area contributed by atoms with Crippen molar-refractivity contribution >= 4 is 28.8 Å². The van der Waals surface area contributed by atoms with E-state index in [4.69, 9.17) is 23.9 Å². The highest BCUT2D eigenvalue weighted by Gasteiger charge is 2.34. The summed E-state index contributed by atoms with van der Waals surface area (Å²) < 4.78 is 25.3. The van der Waals surface area contributed by atoms with Crippen LogP contribution in [0.2, 0.25) is 0 Å². The van der Waals surface area contributed by atoms with Gasteiger partial charge in [-0.05, 0) is 83.6 Å². The molecule has 1 aliphatic carbocycles. The number of ether oxygens (including phenoxy) is 4. The topological polar surface area (TPSA) is 114 Å². The molecule has 242 valence electrons. The quantitative estimate of drug-likeness (QED) is 0.144. The van der Waals surface area contributed by atoms with Crippen molar-refractivity contribution < 1.29 is 23.9 Å². The Morgan fingerprint density at radius 2 is 1.69 bits per heavy atom. The highest BCUT2D eigenvalue weighted by molar-refractivity contribution is 7.07. The van der Waals surface area contributed by atoms with Crippen LogP contribution in [-0.2, 0) is 13.0 Å². The minimum Gasteiger partial charge on any atom is -0.497 e. The fraction of sp³-hybridized carbons (Fsp3) is 0.189. The summed E-state index contributed by atoms with van der Waals surface area (Å²) in [5, 5.41) is 11.0. The van der Waals surface area contributed by atoms with Crippen LogP contribution in [0.3, 0.4) is 0 Å². The van der Waals surface area contributed by atoms with Crippen LogP contribution in [0.25, 0.3) is 11.8 Å². The number of nitro groups is 1. The Kier molecular flexibility index (Phi) is 8.28. The lowest BCUT2D eigenvalue weighted by Crippen LogP contribution is -2.39. The van der Waals surface area contributed by atoms with E-state index in [0.29, 0.717) is 32.3 Å². The molecule has 4 aromatic carbocycles. The Balaban J connectivity index is 1.30. The number of aromatic nitrogens is 1. The summed E-state index contributed by atoms with van der Waals surface area (Å²) in [5.74, 6) is 2.33. The molecule has 10 nitrogen and oxygen atoms in total. The second kappa shape index (κ2) is 12.8. The van der Waals surface area contributed by atoms with Crippen molar-refractivity contribution in [1.82, 2.24) is 4.57 Å². The number of hydrogen-bond donors (Lipinski definition) is 0. The summed E-state index contributed by atoms with van der Waals surface area (Å²) in [6, 6.07) is 25.2. The highest BCUT2D eigenvalue weighted by Crippen LogP contribution is 2.44. The van der Waals surface area contributed by atoms with Gasteiger partial charge in [-0.3, -0.25) is 19.5 Å². The van der Waals surface area contributed by atoms with Gasteiger partial charge in [-0.1, -0.05) is 41.7 Å². The molecule has 0 unspecified atom stereocenters. The molecule has 0 bridgehead atoms. The number of nitrogens with zero attached hydrogens (tertiary/aromatic N) is 3. The molecule has 11 heteroatoms. The van der Waals surface area contributed by atoms with Gasteiger partial charge in [0.15, 0.2) is 16.3 Å². The molecule has 1 aromatic heterocycles. The minimum absolute atomic E-state index is 0.0184. The lowest BCUT2D eigenvalue weighted by molar-refractivity contribution is -0.384. The zero-order chi connectivity index (χ0) is 33.4. The molecular weight excluding hydrogens is 630 g/mol. The predicted molar refractivity (Wildman–Crippen MR) is 183 cm³/mol. The van der Waals surface area contributed by atoms with E-state index in [1.807, 2.05) is 48.5 Å². The molecule has 2 aliphatic rings. The summed E-state index contributed by atoms with van der Waals surface area (Å²) in [6.45, 7) is 0.202. The van der Waals surface area contributed by atoms with Gasteiger partial charge in [0.25, 0.3) is 11.2 Å². The summed E-state index contributed by atoms with van der Waals surface area (Å²) in [4.78, 5) is 30.6. The first kappa shape index (κ1) is 30.9. The van der Waals surface area contributed by atoms with Gasteiger partial charge >= 0.3 is 0 Å². The summed E-state index contributed by atoms with van der Waals surface area (Å²) in [5.41, 5.74) is 6.51. The van der Waals surface area contributed by atoms with E-state index in [-0.39, 0.29) is 17.9 Å². The van der Waals surface area contributed by atoms with Crippen LogP contribution in [0, 0.1) is 10.1 Å². The van der Waals surface area contributed by atoms with Crippen molar-refractivity contribution in [3.8, 4) is 23.0 Å². The lowest BCUT2D eigenvalue weighted by atomic mass is 9.83.